The smallest absolute Gasteiger partial charge is 0.220 e. The number of halogens is 2. The van der Waals surface area contributed by atoms with Gasteiger partial charge in [-0.05, 0) is 37.4 Å². The van der Waals surface area contributed by atoms with Gasteiger partial charge in [-0.1, -0.05) is 34.1 Å². The summed E-state index contributed by atoms with van der Waals surface area (Å²) in [6.45, 7) is 1.70. The van der Waals surface area contributed by atoms with Gasteiger partial charge in [-0.15, -0.1) is 12.4 Å². The summed E-state index contributed by atoms with van der Waals surface area (Å²) in [5, 5.41) is 6.37. The molecule has 1 aliphatic rings. The van der Waals surface area contributed by atoms with Gasteiger partial charge in [0.15, 0.2) is 0 Å². The SMILES string of the molecule is Cl.O=C(CCC1CCCN1)NCc1ccccc1Br. The number of amides is 1. The summed E-state index contributed by atoms with van der Waals surface area (Å²) in [6.07, 6.45) is 4.00. The van der Waals surface area contributed by atoms with Gasteiger partial charge in [-0.2, -0.15) is 0 Å². The van der Waals surface area contributed by atoms with Crippen LogP contribution in [0.2, 0.25) is 0 Å². The highest BCUT2D eigenvalue weighted by atomic mass is 79.9. The normalized spacial score (nSPS) is 17.8. The van der Waals surface area contributed by atoms with Crippen molar-refractivity contribution in [2.75, 3.05) is 6.54 Å². The molecule has 0 saturated carbocycles. The van der Waals surface area contributed by atoms with E-state index in [1.807, 2.05) is 24.3 Å². The zero-order valence-electron chi connectivity index (χ0n) is 10.8. The van der Waals surface area contributed by atoms with Gasteiger partial charge in [0.2, 0.25) is 5.91 Å². The summed E-state index contributed by atoms with van der Waals surface area (Å²) in [7, 11) is 0. The van der Waals surface area contributed by atoms with Gasteiger partial charge in [0.1, 0.15) is 0 Å². The molecule has 0 bridgehead atoms. The van der Waals surface area contributed by atoms with E-state index in [1.165, 1.54) is 12.8 Å². The van der Waals surface area contributed by atoms with E-state index < -0.39 is 0 Å². The summed E-state index contributed by atoms with van der Waals surface area (Å²) < 4.78 is 1.04. The van der Waals surface area contributed by atoms with E-state index in [2.05, 4.69) is 26.6 Å². The first-order valence-electron chi connectivity index (χ1n) is 6.49. The largest absolute Gasteiger partial charge is 0.352 e. The Morgan fingerprint density at radius 2 is 2.21 bits per heavy atom. The Kier molecular flexibility index (Phi) is 7.42. The fourth-order valence-corrected chi connectivity index (χ4v) is 2.66. The molecular weight excluding hydrogens is 328 g/mol. The van der Waals surface area contributed by atoms with Crippen molar-refractivity contribution in [3.05, 3.63) is 34.3 Å². The Morgan fingerprint density at radius 3 is 2.89 bits per heavy atom. The van der Waals surface area contributed by atoms with Gasteiger partial charge in [0.25, 0.3) is 0 Å². The molecule has 1 aromatic carbocycles. The second-order valence-electron chi connectivity index (χ2n) is 4.70. The quantitative estimate of drug-likeness (QED) is 0.859. The van der Waals surface area contributed by atoms with E-state index in [4.69, 9.17) is 0 Å². The average molecular weight is 348 g/mol. The van der Waals surface area contributed by atoms with Crippen LogP contribution in [0.15, 0.2) is 28.7 Å². The number of hydrogen-bond acceptors (Lipinski definition) is 2. The molecular formula is C14H20BrClN2O. The maximum Gasteiger partial charge on any atom is 0.220 e. The number of rotatable bonds is 5. The molecule has 1 amide bonds. The lowest BCUT2D eigenvalue weighted by atomic mass is 10.1. The Balaban J connectivity index is 0.00000180. The van der Waals surface area contributed by atoms with Gasteiger partial charge < -0.3 is 10.6 Å². The molecule has 1 atom stereocenters. The predicted molar refractivity (Wildman–Crippen MR) is 83.5 cm³/mol. The van der Waals surface area contributed by atoms with E-state index in [9.17, 15) is 4.79 Å². The van der Waals surface area contributed by atoms with Crippen LogP contribution in [0.5, 0.6) is 0 Å². The van der Waals surface area contributed by atoms with Crippen LogP contribution in [-0.4, -0.2) is 18.5 Å². The van der Waals surface area contributed by atoms with Crippen LogP contribution >= 0.6 is 28.3 Å². The highest BCUT2D eigenvalue weighted by Crippen LogP contribution is 2.15. The molecule has 2 rings (SSSR count). The first-order chi connectivity index (χ1) is 8.75. The summed E-state index contributed by atoms with van der Waals surface area (Å²) in [6, 6.07) is 8.50. The number of carbonyl (C=O) groups is 1. The second-order valence-corrected chi connectivity index (χ2v) is 5.55. The van der Waals surface area contributed by atoms with Crippen molar-refractivity contribution in [1.29, 1.82) is 0 Å². The molecule has 106 valence electrons. The van der Waals surface area contributed by atoms with Gasteiger partial charge in [0.05, 0.1) is 0 Å². The highest BCUT2D eigenvalue weighted by Gasteiger charge is 2.15. The van der Waals surface area contributed by atoms with Crippen molar-refractivity contribution >= 4 is 34.2 Å². The molecule has 0 aromatic heterocycles. The maximum absolute atomic E-state index is 11.7. The molecule has 5 heteroatoms. The monoisotopic (exact) mass is 346 g/mol. The van der Waals surface area contributed by atoms with E-state index in [0.29, 0.717) is 19.0 Å². The first kappa shape index (κ1) is 16.5. The Labute approximate surface area is 129 Å². The third-order valence-electron chi connectivity index (χ3n) is 3.32. The van der Waals surface area contributed by atoms with Gasteiger partial charge in [-0.25, -0.2) is 0 Å². The van der Waals surface area contributed by atoms with Crippen molar-refractivity contribution in [2.24, 2.45) is 0 Å². The number of hydrogen-bond donors (Lipinski definition) is 2. The number of benzene rings is 1. The molecule has 1 unspecified atom stereocenters. The van der Waals surface area contributed by atoms with Crippen molar-refractivity contribution in [3.8, 4) is 0 Å². The summed E-state index contributed by atoms with van der Waals surface area (Å²) in [4.78, 5) is 11.7. The van der Waals surface area contributed by atoms with E-state index in [-0.39, 0.29) is 18.3 Å². The molecule has 19 heavy (non-hydrogen) atoms. The van der Waals surface area contributed by atoms with Crippen molar-refractivity contribution in [1.82, 2.24) is 10.6 Å². The van der Waals surface area contributed by atoms with Crippen LogP contribution in [0, 0.1) is 0 Å². The van der Waals surface area contributed by atoms with Crippen LogP contribution in [0.1, 0.15) is 31.2 Å². The van der Waals surface area contributed by atoms with Crippen LogP contribution in [0.3, 0.4) is 0 Å². The summed E-state index contributed by atoms with van der Waals surface area (Å²) >= 11 is 3.48. The molecule has 1 aromatic rings. The van der Waals surface area contributed by atoms with Crippen molar-refractivity contribution < 1.29 is 4.79 Å². The van der Waals surface area contributed by atoms with E-state index in [0.717, 1.165) is 23.0 Å². The molecule has 1 aliphatic heterocycles. The molecule has 1 heterocycles. The molecule has 0 aliphatic carbocycles. The van der Waals surface area contributed by atoms with Crippen molar-refractivity contribution in [3.63, 3.8) is 0 Å². The van der Waals surface area contributed by atoms with Crippen LogP contribution in [0.4, 0.5) is 0 Å². The summed E-state index contributed by atoms with van der Waals surface area (Å²) in [5.41, 5.74) is 1.12. The minimum Gasteiger partial charge on any atom is -0.352 e. The molecule has 1 fully saturated rings. The van der Waals surface area contributed by atoms with Gasteiger partial charge in [-0.3, -0.25) is 4.79 Å². The van der Waals surface area contributed by atoms with Crippen LogP contribution in [0.25, 0.3) is 0 Å². The number of nitrogens with one attached hydrogen (secondary N) is 2. The predicted octanol–water partition coefficient (Wildman–Crippen LogP) is 3.02. The van der Waals surface area contributed by atoms with Crippen LogP contribution in [-0.2, 0) is 11.3 Å². The topological polar surface area (TPSA) is 41.1 Å². The van der Waals surface area contributed by atoms with Gasteiger partial charge >= 0.3 is 0 Å². The lowest BCUT2D eigenvalue weighted by molar-refractivity contribution is -0.121. The zero-order valence-corrected chi connectivity index (χ0v) is 13.2. The Hall–Kier alpha value is -0.580. The second kappa shape index (κ2) is 8.56. The maximum atomic E-state index is 11.7. The third-order valence-corrected chi connectivity index (χ3v) is 4.09. The standard InChI is InChI=1S/C14H19BrN2O.ClH/c15-13-6-2-1-4-11(13)10-17-14(18)8-7-12-5-3-9-16-12;/h1-2,4,6,12,16H,3,5,7-10H2,(H,17,18);1H. The van der Waals surface area contributed by atoms with Crippen molar-refractivity contribution in [2.45, 2.75) is 38.3 Å². The molecule has 2 N–H and O–H groups in total. The minimum absolute atomic E-state index is 0. The zero-order chi connectivity index (χ0) is 12.8. The minimum atomic E-state index is 0. The molecule has 0 spiro atoms. The lowest BCUT2D eigenvalue weighted by Gasteiger charge is -2.10. The highest BCUT2D eigenvalue weighted by molar-refractivity contribution is 9.10. The van der Waals surface area contributed by atoms with E-state index >= 15 is 0 Å². The lowest BCUT2D eigenvalue weighted by Crippen LogP contribution is -2.27. The van der Waals surface area contributed by atoms with Gasteiger partial charge in [0, 0.05) is 23.5 Å². The van der Waals surface area contributed by atoms with E-state index in [1.54, 1.807) is 0 Å². The Morgan fingerprint density at radius 1 is 1.42 bits per heavy atom. The van der Waals surface area contributed by atoms with Crippen LogP contribution < -0.4 is 10.6 Å². The summed E-state index contributed by atoms with van der Waals surface area (Å²) in [5.74, 6) is 0.138. The number of carbonyl (C=O) groups excluding carboxylic acids is 1. The molecule has 3 nitrogen and oxygen atoms in total. The molecule has 1 saturated heterocycles. The fourth-order valence-electron chi connectivity index (χ4n) is 2.23. The third kappa shape index (κ3) is 5.51. The average Bonchev–Trinajstić information content (AvgIpc) is 2.88. The first-order valence-corrected chi connectivity index (χ1v) is 7.28. The Bertz CT molecular complexity index is 408. The fraction of sp³-hybridized carbons (Fsp3) is 0.500. The molecule has 0 radical (unpaired) electrons.